The molecule has 28 heavy (non-hydrogen) atoms. The van der Waals surface area contributed by atoms with Crippen LogP contribution in [0.2, 0.25) is 0 Å². The molecule has 0 spiro atoms. The molecule has 0 atom stereocenters. The van der Waals surface area contributed by atoms with Crippen molar-refractivity contribution in [3.63, 3.8) is 0 Å². The monoisotopic (exact) mass is 383 g/mol. The standard InChI is InChI=1S/C21H29N5O2/c1-13-17-6-4-5-7-18(17)25-21(24-13)26-10-8-16(9-11-26)12-22-20(27)19-14(2)23-15(3)28-19/h16H,4-12H2,1-3H3,(H,22,27). The Morgan fingerprint density at radius 1 is 1.07 bits per heavy atom. The number of fused-ring (bicyclic) bond motifs is 1. The summed E-state index contributed by atoms with van der Waals surface area (Å²) in [7, 11) is 0. The number of carbonyl (C=O) groups excluding carboxylic acids is 1. The van der Waals surface area contributed by atoms with E-state index in [4.69, 9.17) is 14.4 Å². The predicted octanol–water partition coefficient (Wildman–Crippen LogP) is 2.92. The fourth-order valence-corrected chi connectivity index (χ4v) is 4.30. The number of hydrogen-bond acceptors (Lipinski definition) is 6. The fourth-order valence-electron chi connectivity index (χ4n) is 4.30. The van der Waals surface area contributed by atoms with Crippen molar-refractivity contribution in [2.24, 2.45) is 5.92 Å². The first-order valence-corrected chi connectivity index (χ1v) is 10.3. The quantitative estimate of drug-likeness (QED) is 0.874. The van der Waals surface area contributed by atoms with E-state index in [1.54, 1.807) is 13.8 Å². The Morgan fingerprint density at radius 3 is 2.54 bits per heavy atom. The second-order valence-corrected chi connectivity index (χ2v) is 8.03. The van der Waals surface area contributed by atoms with E-state index < -0.39 is 0 Å². The first-order valence-electron chi connectivity index (χ1n) is 10.3. The van der Waals surface area contributed by atoms with Crippen molar-refractivity contribution in [3.05, 3.63) is 34.3 Å². The molecule has 2 aliphatic rings. The zero-order chi connectivity index (χ0) is 19.7. The van der Waals surface area contributed by atoms with Crippen LogP contribution in [0.15, 0.2) is 4.42 Å². The Bertz CT molecular complexity index is 868. The minimum Gasteiger partial charge on any atom is -0.436 e. The van der Waals surface area contributed by atoms with Crippen molar-refractivity contribution in [1.29, 1.82) is 0 Å². The Kier molecular flexibility index (Phi) is 5.33. The highest BCUT2D eigenvalue weighted by molar-refractivity contribution is 5.92. The van der Waals surface area contributed by atoms with E-state index >= 15 is 0 Å². The van der Waals surface area contributed by atoms with E-state index in [1.165, 1.54) is 24.1 Å². The summed E-state index contributed by atoms with van der Waals surface area (Å²) < 4.78 is 5.40. The average Bonchev–Trinajstić information content (AvgIpc) is 3.04. The molecule has 2 aromatic heterocycles. The van der Waals surface area contributed by atoms with Crippen molar-refractivity contribution in [2.45, 2.75) is 59.3 Å². The average molecular weight is 383 g/mol. The summed E-state index contributed by atoms with van der Waals surface area (Å²) in [5.74, 6) is 2.02. The third kappa shape index (κ3) is 3.88. The molecule has 1 saturated heterocycles. The SMILES string of the molecule is Cc1nc(C)c(C(=O)NCC2CCN(c3nc(C)c4c(n3)CCCC4)CC2)o1. The van der Waals surface area contributed by atoms with Gasteiger partial charge in [0.05, 0.1) is 5.69 Å². The molecule has 1 aliphatic carbocycles. The molecule has 0 unspecified atom stereocenters. The highest BCUT2D eigenvalue weighted by atomic mass is 16.4. The van der Waals surface area contributed by atoms with E-state index in [2.05, 4.69) is 22.1 Å². The molecule has 1 aliphatic heterocycles. The maximum Gasteiger partial charge on any atom is 0.289 e. The van der Waals surface area contributed by atoms with Crippen LogP contribution in [-0.2, 0) is 12.8 Å². The van der Waals surface area contributed by atoms with Crippen LogP contribution in [0.3, 0.4) is 0 Å². The molecule has 7 nitrogen and oxygen atoms in total. The number of hydrogen-bond donors (Lipinski definition) is 1. The van der Waals surface area contributed by atoms with Gasteiger partial charge in [-0.15, -0.1) is 0 Å². The Labute approximate surface area is 166 Å². The number of piperidine rings is 1. The van der Waals surface area contributed by atoms with E-state index in [1.807, 2.05) is 0 Å². The second-order valence-electron chi connectivity index (χ2n) is 8.03. The minimum absolute atomic E-state index is 0.172. The summed E-state index contributed by atoms with van der Waals surface area (Å²) in [4.78, 5) is 28.4. The summed E-state index contributed by atoms with van der Waals surface area (Å²) in [6, 6.07) is 0. The van der Waals surface area contributed by atoms with Gasteiger partial charge < -0.3 is 14.6 Å². The number of amides is 1. The summed E-state index contributed by atoms with van der Waals surface area (Å²) in [5.41, 5.74) is 4.41. The molecular formula is C21H29N5O2. The van der Waals surface area contributed by atoms with Crippen LogP contribution in [0.5, 0.6) is 0 Å². The molecular weight excluding hydrogens is 354 g/mol. The Hall–Kier alpha value is -2.44. The molecule has 3 heterocycles. The first-order chi connectivity index (χ1) is 13.5. The van der Waals surface area contributed by atoms with Gasteiger partial charge in [-0.25, -0.2) is 15.0 Å². The third-order valence-corrected chi connectivity index (χ3v) is 5.94. The zero-order valence-electron chi connectivity index (χ0n) is 17.0. The summed E-state index contributed by atoms with van der Waals surface area (Å²) in [6.45, 7) is 8.19. The molecule has 0 saturated carbocycles. The van der Waals surface area contributed by atoms with Crippen molar-refractivity contribution in [2.75, 3.05) is 24.5 Å². The lowest BCUT2D eigenvalue weighted by atomic mass is 9.95. The van der Waals surface area contributed by atoms with E-state index in [0.29, 0.717) is 29.8 Å². The van der Waals surface area contributed by atoms with Crippen LogP contribution >= 0.6 is 0 Å². The van der Waals surface area contributed by atoms with Gasteiger partial charge in [0, 0.05) is 37.9 Å². The number of rotatable bonds is 4. The zero-order valence-corrected chi connectivity index (χ0v) is 17.0. The summed E-state index contributed by atoms with van der Waals surface area (Å²) in [5, 5.41) is 3.01. The number of aryl methyl sites for hydroxylation is 4. The van der Waals surface area contributed by atoms with Gasteiger partial charge in [0.1, 0.15) is 0 Å². The smallest absolute Gasteiger partial charge is 0.289 e. The van der Waals surface area contributed by atoms with Gasteiger partial charge in [-0.3, -0.25) is 4.79 Å². The number of aromatic nitrogens is 3. The third-order valence-electron chi connectivity index (χ3n) is 5.94. The molecule has 1 N–H and O–H groups in total. The van der Waals surface area contributed by atoms with Gasteiger partial charge in [0.25, 0.3) is 5.91 Å². The van der Waals surface area contributed by atoms with Crippen LogP contribution in [-0.4, -0.2) is 40.5 Å². The number of carbonyl (C=O) groups is 1. The van der Waals surface area contributed by atoms with Crippen molar-refractivity contribution in [1.82, 2.24) is 20.3 Å². The van der Waals surface area contributed by atoms with Gasteiger partial charge in [-0.2, -0.15) is 0 Å². The lowest BCUT2D eigenvalue weighted by Crippen LogP contribution is -2.39. The number of oxazole rings is 1. The molecule has 2 aromatic rings. The topological polar surface area (TPSA) is 84.2 Å². The van der Waals surface area contributed by atoms with E-state index in [-0.39, 0.29) is 5.91 Å². The highest BCUT2D eigenvalue weighted by Gasteiger charge is 2.24. The summed E-state index contributed by atoms with van der Waals surface area (Å²) in [6.07, 6.45) is 6.72. The lowest BCUT2D eigenvalue weighted by Gasteiger charge is -2.33. The summed E-state index contributed by atoms with van der Waals surface area (Å²) >= 11 is 0. The van der Waals surface area contributed by atoms with Gasteiger partial charge in [0.2, 0.25) is 11.7 Å². The molecule has 0 aromatic carbocycles. The number of nitrogens with one attached hydrogen (secondary N) is 1. The van der Waals surface area contributed by atoms with Crippen molar-refractivity contribution < 1.29 is 9.21 Å². The second kappa shape index (κ2) is 7.89. The van der Waals surface area contributed by atoms with Crippen molar-refractivity contribution in [3.8, 4) is 0 Å². The number of anilines is 1. The van der Waals surface area contributed by atoms with Crippen LogP contribution in [0.1, 0.15) is 64.8 Å². The van der Waals surface area contributed by atoms with Crippen molar-refractivity contribution >= 4 is 11.9 Å². The molecule has 7 heteroatoms. The van der Waals surface area contributed by atoms with Crippen LogP contribution < -0.4 is 10.2 Å². The van der Waals surface area contributed by atoms with E-state index in [9.17, 15) is 4.79 Å². The van der Waals surface area contributed by atoms with Gasteiger partial charge in [-0.1, -0.05) is 0 Å². The fraction of sp³-hybridized carbons (Fsp3) is 0.619. The Morgan fingerprint density at radius 2 is 1.82 bits per heavy atom. The van der Waals surface area contributed by atoms with Gasteiger partial charge in [0.15, 0.2) is 5.89 Å². The largest absolute Gasteiger partial charge is 0.436 e. The molecule has 0 radical (unpaired) electrons. The molecule has 0 bridgehead atoms. The molecule has 4 rings (SSSR count). The Balaban J connectivity index is 1.32. The maximum atomic E-state index is 12.3. The van der Waals surface area contributed by atoms with Gasteiger partial charge in [-0.05, 0) is 63.9 Å². The van der Waals surface area contributed by atoms with Crippen LogP contribution in [0.25, 0.3) is 0 Å². The lowest BCUT2D eigenvalue weighted by molar-refractivity contribution is 0.0915. The number of nitrogens with zero attached hydrogens (tertiary/aromatic N) is 4. The maximum absolute atomic E-state index is 12.3. The van der Waals surface area contributed by atoms with Crippen LogP contribution in [0, 0.1) is 26.7 Å². The van der Waals surface area contributed by atoms with E-state index in [0.717, 1.165) is 50.4 Å². The molecule has 1 fully saturated rings. The first kappa shape index (κ1) is 18.9. The predicted molar refractivity (Wildman–Crippen MR) is 107 cm³/mol. The normalized spacial score (nSPS) is 17.5. The molecule has 1 amide bonds. The highest BCUT2D eigenvalue weighted by Crippen LogP contribution is 2.26. The minimum atomic E-state index is -0.172. The molecule has 150 valence electrons. The van der Waals surface area contributed by atoms with Crippen LogP contribution in [0.4, 0.5) is 5.95 Å². The van der Waals surface area contributed by atoms with Gasteiger partial charge >= 0.3 is 0 Å².